The van der Waals surface area contributed by atoms with E-state index in [2.05, 4.69) is 55.3 Å². The number of hydrogen-bond acceptors (Lipinski definition) is 3. The molecule has 2 amide bonds. The number of nitrogens with one attached hydrogen (secondary N) is 1. The molecule has 0 radical (unpaired) electrons. The van der Waals surface area contributed by atoms with Gasteiger partial charge < -0.3 is 15.0 Å². The van der Waals surface area contributed by atoms with Crippen LogP contribution in [0.5, 0.6) is 0 Å². The van der Waals surface area contributed by atoms with Crippen LogP contribution in [0, 0.1) is 0 Å². The number of amides is 2. The molecule has 0 aliphatic carbocycles. The van der Waals surface area contributed by atoms with Crippen LogP contribution in [-0.4, -0.2) is 55.2 Å². The molecule has 30 heavy (non-hydrogen) atoms. The summed E-state index contributed by atoms with van der Waals surface area (Å²) in [5.74, 6) is 0. The highest BCUT2D eigenvalue weighted by molar-refractivity contribution is 5.89. The summed E-state index contributed by atoms with van der Waals surface area (Å²) >= 11 is 0. The maximum absolute atomic E-state index is 13.0. The molecule has 1 heterocycles. The number of benzene rings is 2. The quantitative estimate of drug-likeness (QED) is 0.718. The topological polar surface area (TPSA) is 44.8 Å². The molecule has 5 nitrogen and oxygen atoms in total. The van der Waals surface area contributed by atoms with Crippen molar-refractivity contribution in [3.63, 3.8) is 0 Å². The van der Waals surface area contributed by atoms with E-state index < -0.39 is 0 Å². The molecule has 0 aromatic heterocycles. The van der Waals surface area contributed by atoms with Crippen LogP contribution in [0.4, 0.5) is 10.5 Å². The second-order valence-electron chi connectivity index (χ2n) is 8.97. The molecule has 0 spiro atoms. The van der Waals surface area contributed by atoms with E-state index in [1.165, 1.54) is 5.56 Å². The third-order valence-corrected chi connectivity index (χ3v) is 5.51. The van der Waals surface area contributed by atoms with Crippen molar-refractivity contribution in [1.29, 1.82) is 0 Å². The summed E-state index contributed by atoms with van der Waals surface area (Å²) in [5.41, 5.74) is 3.40. The van der Waals surface area contributed by atoms with Gasteiger partial charge in [-0.05, 0) is 35.1 Å². The minimum atomic E-state index is -0.0527. The third-order valence-electron chi connectivity index (χ3n) is 5.51. The van der Waals surface area contributed by atoms with Gasteiger partial charge in [-0.2, -0.15) is 0 Å². The Labute approximate surface area is 181 Å². The highest BCUT2D eigenvalue weighted by Gasteiger charge is 2.17. The Balaban J connectivity index is 1.63. The van der Waals surface area contributed by atoms with E-state index >= 15 is 0 Å². The minimum absolute atomic E-state index is 0.0527. The monoisotopic (exact) mass is 409 g/mol. The molecule has 5 heteroatoms. The number of nitrogens with zero attached hydrogens (tertiary/aromatic N) is 2. The zero-order chi connectivity index (χ0) is 21.4. The van der Waals surface area contributed by atoms with Crippen molar-refractivity contribution >= 4 is 11.7 Å². The Hall–Kier alpha value is -2.37. The molecular formula is C25H35N3O2. The Bertz CT molecular complexity index is 778. The molecule has 0 unspecified atom stereocenters. The molecule has 2 aromatic rings. The van der Waals surface area contributed by atoms with Gasteiger partial charge in [0.25, 0.3) is 0 Å². The summed E-state index contributed by atoms with van der Waals surface area (Å²) < 4.78 is 5.43. The molecule has 162 valence electrons. The molecule has 3 rings (SSSR count). The van der Waals surface area contributed by atoms with Crippen molar-refractivity contribution in [2.24, 2.45) is 0 Å². The number of para-hydroxylation sites is 1. The SMILES string of the molecule is CC(C)(C)c1ccc(CN(CCCN2CCOCC2)C(=O)Nc2ccccc2)cc1. The highest BCUT2D eigenvalue weighted by atomic mass is 16.5. The Morgan fingerprint density at radius 1 is 1.03 bits per heavy atom. The van der Waals surface area contributed by atoms with Gasteiger partial charge in [-0.3, -0.25) is 4.90 Å². The molecule has 1 fully saturated rings. The first-order chi connectivity index (χ1) is 14.4. The smallest absolute Gasteiger partial charge is 0.322 e. The largest absolute Gasteiger partial charge is 0.379 e. The van der Waals surface area contributed by atoms with E-state index in [1.807, 2.05) is 35.2 Å². The maximum Gasteiger partial charge on any atom is 0.322 e. The summed E-state index contributed by atoms with van der Waals surface area (Å²) in [6.07, 6.45) is 0.947. The molecule has 2 aromatic carbocycles. The summed E-state index contributed by atoms with van der Waals surface area (Å²) in [7, 11) is 0. The van der Waals surface area contributed by atoms with E-state index in [0.717, 1.165) is 57.1 Å². The van der Waals surface area contributed by atoms with Crippen LogP contribution in [0.2, 0.25) is 0 Å². The van der Waals surface area contributed by atoms with Gasteiger partial charge in [0.05, 0.1) is 13.2 Å². The average Bonchev–Trinajstić information content (AvgIpc) is 2.74. The van der Waals surface area contributed by atoms with Crippen molar-refractivity contribution in [3.8, 4) is 0 Å². The van der Waals surface area contributed by atoms with Crippen LogP contribution in [0.15, 0.2) is 54.6 Å². The summed E-state index contributed by atoms with van der Waals surface area (Å²) in [5, 5.41) is 3.04. The fourth-order valence-electron chi connectivity index (χ4n) is 3.62. The van der Waals surface area contributed by atoms with Gasteiger partial charge in [-0.15, -0.1) is 0 Å². The van der Waals surface area contributed by atoms with Crippen molar-refractivity contribution in [1.82, 2.24) is 9.80 Å². The number of urea groups is 1. The second kappa shape index (κ2) is 10.6. The third kappa shape index (κ3) is 6.85. The average molecular weight is 410 g/mol. The van der Waals surface area contributed by atoms with E-state index in [0.29, 0.717) is 6.54 Å². The fraction of sp³-hybridized carbons (Fsp3) is 0.480. The molecule has 1 aliphatic heterocycles. The predicted molar refractivity (Wildman–Crippen MR) is 123 cm³/mol. The van der Waals surface area contributed by atoms with Gasteiger partial charge in [0.15, 0.2) is 0 Å². The van der Waals surface area contributed by atoms with Crippen LogP contribution in [0.25, 0.3) is 0 Å². The number of morpholine rings is 1. The van der Waals surface area contributed by atoms with Crippen LogP contribution < -0.4 is 5.32 Å². The number of ether oxygens (including phenoxy) is 1. The Morgan fingerprint density at radius 2 is 1.70 bits per heavy atom. The zero-order valence-corrected chi connectivity index (χ0v) is 18.6. The summed E-state index contributed by atoms with van der Waals surface area (Å²) in [6.45, 7) is 12.5. The number of rotatable bonds is 7. The van der Waals surface area contributed by atoms with E-state index in [4.69, 9.17) is 4.74 Å². The van der Waals surface area contributed by atoms with Crippen LogP contribution in [0.3, 0.4) is 0 Å². The molecule has 0 bridgehead atoms. The lowest BCUT2D eigenvalue weighted by molar-refractivity contribution is 0.0365. The fourth-order valence-corrected chi connectivity index (χ4v) is 3.62. The van der Waals surface area contributed by atoms with E-state index in [9.17, 15) is 4.79 Å². The Morgan fingerprint density at radius 3 is 2.33 bits per heavy atom. The first kappa shape index (κ1) is 22.3. The van der Waals surface area contributed by atoms with Gasteiger partial charge in [0.2, 0.25) is 0 Å². The molecule has 0 saturated carbocycles. The van der Waals surface area contributed by atoms with Crippen molar-refractivity contribution < 1.29 is 9.53 Å². The van der Waals surface area contributed by atoms with Crippen molar-refractivity contribution in [2.45, 2.75) is 39.2 Å². The van der Waals surface area contributed by atoms with Crippen LogP contribution in [0.1, 0.15) is 38.3 Å². The van der Waals surface area contributed by atoms with E-state index in [1.54, 1.807) is 0 Å². The lowest BCUT2D eigenvalue weighted by Gasteiger charge is -2.28. The molecular weight excluding hydrogens is 374 g/mol. The van der Waals surface area contributed by atoms with Gasteiger partial charge >= 0.3 is 6.03 Å². The van der Waals surface area contributed by atoms with Crippen LogP contribution in [-0.2, 0) is 16.7 Å². The standard InChI is InChI=1S/C25H35N3O2/c1-25(2,3)22-12-10-21(11-13-22)20-28(15-7-14-27-16-18-30-19-17-27)24(29)26-23-8-5-4-6-9-23/h4-6,8-13H,7,14-20H2,1-3H3,(H,26,29). The first-order valence-electron chi connectivity index (χ1n) is 10.9. The maximum atomic E-state index is 13.0. The zero-order valence-electron chi connectivity index (χ0n) is 18.6. The number of carbonyl (C=O) groups excluding carboxylic acids is 1. The molecule has 0 atom stereocenters. The van der Waals surface area contributed by atoms with Crippen molar-refractivity contribution in [2.75, 3.05) is 44.7 Å². The van der Waals surface area contributed by atoms with E-state index in [-0.39, 0.29) is 11.4 Å². The summed E-state index contributed by atoms with van der Waals surface area (Å²) in [6, 6.07) is 18.2. The second-order valence-corrected chi connectivity index (χ2v) is 8.97. The molecule has 1 aliphatic rings. The predicted octanol–water partition coefficient (Wildman–Crippen LogP) is 4.74. The molecule has 1 N–H and O–H groups in total. The minimum Gasteiger partial charge on any atom is -0.379 e. The summed E-state index contributed by atoms with van der Waals surface area (Å²) in [4.78, 5) is 17.3. The van der Waals surface area contributed by atoms with Gasteiger partial charge in [-0.1, -0.05) is 63.2 Å². The highest BCUT2D eigenvalue weighted by Crippen LogP contribution is 2.22. The van der Waals surface area contributed by atoms with Crippen LogP contribution >= 0.6 is 0 Å². The lowest BCUT2D eigenvalue weighted by Crippen LogP contribution is -2.40. The van der Waals surface area contributed by atoms with Gasteiger partial charge in [0.1, 0.15) is 0 Å². The normalized spacial score (nSPS) is 15.0. The Kier molecular flexibility index (Phi) is 7.88. The molecule has 1 saturated heterocycles. The first-order valence-corrected chi connectivity index (χ1v) is 10.9. The van der Waals surface area contributed by atoms with Gasteiger partial charge in [-0.25, -0.2) is 4.79 Å². The number of carbonyl (C=O) groups is 1. The van der Waals surface area contributed by atoms with Crippen molar-refractivity contribution in [3.05, 3.63) is 65.7 Å². The lowest BCUT2D eigenvalue weighted by atomic mass is 9.87. The van der Waals surface area contributed by atoms with Gasteiger partial charge in [0, 0.05) is 38.4 Å². The number of hydrogen-bond donors (Lipinski definition) is 1. The number of anilines is 1.